The van der Waals surface area contributed by atoms with Gasteiger partial charge in [0.1, 0.15) is 17.5 Å². The zero-order valence-electron chi connectivity index (χ0n) is 26.3. The van der Waals surface area contributed by atoms with Gasteiger partial charge in [-0.15, -0.1) is 0 Å². The van der Waals surface area contributed by atoms with Gasteiger partial charge in [-0.25, -0.2) is 0 Å². The van der Waals surface area contributed by atoms with Gasteiger partial charge >= 0.3 is 0 Å². The number of aromatic hydroxyl groups is 1. The van der Waals surface area contributed by atoms with Crippen molar-refractivity contribution in [1.29, 1.82) is 0 Å². The third kappa shape index (κ3) is 5.05. The number of aliphatic hydroxyl groups is 1. The molecule has 0 saturated heterocycles. The number of Topliss-reactive ketones (excluding diaryl/α,β-unsaturated/α-hetero) is 5. The van der Waals surface area contributed by atoms with Crippen LogP contribution in [0.3, 0.4) is 0 Å². The maximum Gasteiger partial charge on any atom is 0.190 e. The van der Waals surface area contributed by atoms with Crippen molar-refractivity contribution in [2.75, 3.05) is 0 Å². The Labute approximate surface area is 253 Å². The lowest BCUT2D eigenvalue weighted by molar-refractivity contribution is -0.205. The monoisotopic (exact) mass is 592 g/mol. The van der Waals surface area contributed by atoms with Crippen molar-refractivity contribution in [3.63, 3.8) is 0 Å². The third-order valence-electron chi connectivity index (χ3n) is 10.2. The third-order valence-corrected chi connectivity index (χ3v) is 10.2. The topological polar surface area (TPSA) is 143 Å². The van der Waals surface area contributed by atoms with Crippen molar-refractivity contribution in [2.24, 2.45) is 40.4 Å². The van der Waals surface area contributed by atoms with Crippen LogP contribution in [0.5, 0.6) is 5.75 Å². The SMILES string of the molecule is CC(=O)C1C(=O)C(C(C)C)[C@@]2(C)C[C@@]3(C)Cc4c(/C=C/C(=O)CCCCC(C)C)ccc(O)c4C(=O)C3C(=O)[C@@]2(O)C1=O. The second-order valence-electron chi connectivity index (χ2n) is 14.3. The summed E-state index contributed by atoms with van der Waals surface area (Å²) < 4.78 is 0. The summed E-state index contributed by atoms with van der Waals surface area (Å²) in [5.41, 5.74) is -4.44. The summed E-state index contributed by atoms with van der Waals surface area (Å²) >= 11 is 0. The number of unbranched alkanes of at least 4 members (excludes halogenated alkanes) is 1. The molecule has 43 heavy (non-hydrogen) atoms. The van der Waals surface area contributed by atoms with Crippen LogP contribution in [0.25, 0.3) is 6.08 Å². The zero-order chi connectivity index (χ0) is 32.2. The lowest BCUT2D eigenvalue weighted by Crippen LogP contribution is -2.76. The van der Waals surface area contributed by atoms with Crippen LogP contribution >= 0.6 is 0 Å². The number of ketones is 6. The van der Waals surface area contributed by atoms with E-state index in [4.69, 9.17) is 0 Å². The molecular weight excluding hydrogens is 548 g/mol. The van der Waals surface area contributed by atoms with Gasteiger partial charge in [0.25, 0.3) is 0 Å². The number of hydrogen-bond donors (Lipinski definition) is 2. The van der Waals surface area contributed by atoms with Gasteiger partial charge in [-0.3, -0.25) is 28.8 Å². The van der Waals surface area contributed by atoms with Crippen LogP contribution in [0.2, 0.25) is 0 Å². The molecule has 3 aliphatic carbocycles. The number of allylic oxidation sites excluding steroid dienone is 1. The summed E-state index contributed by atoms with van der Waals surface area (Å²) in [4.78, 5) is 80.9. The molecule has 0 bridgehead atoms. The predicted octanol–water partition coefficient (Wildman–Crippen LogP) is 4.89. The van der Waals surface area contributed by atoms with E-state index in [1.54, 1.807) is 39.8 Å². The highest BCUT2D eigenvalue weighted by Crippen LogP contribution is 2.63. The molecule has 2 saturated carbocycles. The maximum atomic E-state index is 14.3. The number of carbonyl (C=O) groups excluding carboxylic acids is 6. The molecule has 8 nitrogen and oxygen atoms in total. The molecule has 0 spiro atoms. The molecule has 0 aromatic heterocycles. The van der Waals surface area contributed by atoms with Gasteiger partial charge in [-0.1, -0.05) is 66.5 Å². The lowest BCUT2D eigenvalue weighted by atomic mass is 9.40. The van der Waals surface area contributed by atoms with E-state index in [0.29, 0.717) is 23.5 Å². The zero-order valence-corrected chi connectivity index (χ0v) is 26.3. The van der Waals surface area contributed by atoms with Gasteiger partial charge in [-0.2, -0.15) is 0 Å². The van der Waals surface area contributed by atoms with E-state index in [2.05, 4.69) is 13.8 Å². The molecule has 2 N–H and O–H groups in total. The molecule has 2 fully saturated rings. The summed E-state index contributed by atoms with van der Waals surface area (Å²) in [6, 6.07) is 2.96. The summed E-state index contributed by atoms with van der Waals surface area (Å²) in [6.45, 7) is 12.2. The molecule has 232 valence electrons. The standard InChI is InChI=1S/C35H44O8/c1-18(2)10-8-9-11-22(37)14-12-21-13-15-24(38)26-23(21)16-33(6)17-34(7)27(19(3)4)29(39)25(20(5)36)31(41)35(34,43)32(42)28(33)30(26)40/h12-15,18-19,25,27-28,38,43H,8-11,16-17H2,1-7H3/b14-12+/t25?,27?,28?,33-,34-,35+/m1/s1. The average molecular weight is 593 g/mol. The van der Waals surface area contributed by atoms with Crippen molar-refractivity contribution in [2.45, 2.75) is 92.6 Å². The van der Waals surface area contributed by atoms with Crippen LogP contribution in [-0.4, -0.2) is 50.5 Å². The highest BCUT2D eigenvalue weighted by molar-refractivity contribution is 6.32. The van der Waals surface area contributed by atoms with E-state index in [1.165, 1.54) is 12.1 Å². The molecule has 6 atom stereocenters. The maximum absolute atomic E-state index is 14.3. The normalized spacial score (nSPS) is 32.3. The molecule has 1 aromatic carbocycles. The molecule has 3 aliphatic rings. The molecule has 0 amide bonds. The van der Waals surface area contributed by atoms with Crippen molar-refractivity contribution >= 4 is 40.8 Å². The highest BCUT2D eigenvalue weighted by Gasteiger charge is 2.76. The quantitative estimate of drug-likeness (QED) is 0.234. The molecule has 0 heterocycles. The Hall–Kier alpha value is -3.26. The van der Waals surface area contributed by atoms with Crippen molar-refractivity contribution in [3.8, 4) is 5.75 Å². The first-order valence-corrected chi connectivity index (χ1v) is 15.4. The van der Waals surface area contributed by atoms with Crippen LogP contribution in [0.15, 0.2) is 18.2 Å². The van der Waals surface area contributed by atoms with Gasteiger partial charge in [0.2, 0.25) is 0 Å². The minimum atomic E-state index is -2.72. The first kappa shape index (κ1) is 32.6. The lowest BCUT2D eigenvalue weighted by Gasteiger charge is -2.61. The molecule has 8 heteroatoms. The van der Waals surface area contributed by atoms with E-state index in [1.807, 2.05) is 0 Å². The first-order chi connectivity index (χ1) is 19.9. The van der Waals surface area contributed by atoms with Crippen LogP contribution in [0, 0.1) is 40.4 Å². The highest BCUT2D eigenvalue weighted by atomic mass is 16.3. The summed E-state index contributed by atoms with van der Waals surface area (Å²) in [7, 11) is 0. The largest absolute Gasteiger partial charge is 0.507 e. The number of phenols is 1. The Balaban J connectivity index is 1.78. The average Bonchev–Trinajstić information content (AvgIpc) is 2.87. The summed E-state index contributed by atoms with van der Waals surface area (Å²) in [5, 5.41) is 22.9. The van der Waals surface area contributed by atoms with Crippen LogP contribution in [0.4, 0.5) is 0 Å². The van der Waals surface area contributed by atoms with Gasteiger partial charge < -0.3 is 10.2 Å². The van der Waals surface area contributed by atoms with E-state index in [0.717, 1.165) is 26.2 Å². The van der Waals surface area contributed by atoms with Crippen LogP contribution in [-0.2, 0) is 30.4 Å². The number of benzene rings is 1. The molecule has 0 radical (unpaired) electrons. The second kappa shape index (κ2) is 11.3. The van der Waals surface area contributed by atoms with E-state index in [9.17, 15) is 39.0 Å². The Morgan fingerprint density at radius 1 is 1.02 bits per heavy atom. The Kier molecular flexibility index (Phi) is 8.61. The van der Waals surface area contributed by atoms with Crippen molar-refractivity contribution < 1.29 is 39.0 Å². The number of phenolic OH excluding ortho intramolecular Hbond substituents is 1. The molecule has 4 rings (SSSR count). The molecule has 3 unspecified atom stereocenters. The predicted molar refractivity (Wildman–Crippen MR) is 160 cm³/mol. The number of fused-ring (bicyclic) bond motifs is 3. The van der Waals surface area contributed by atoms with Gasteiger partial charge in [0.15, 0.2) is 34.5 Å². The van der Waals surface area contributed by atoms with E-state index in [-0.39, 0.29) is 29.9 Å². The molecule has 0 aliphatic heterocycles. The molecular formula is C35H44O8. The van der Waals surface area contributed by atoms with Crippen LogP contribution in [0.1, 0.15) is 102 Å². The first-order valence-electron chi connectivity index (χ1n) is 15.4. The fourth-order valence-electron chi connectivity index (χ4n) is 8.43. The summed E-state index contributed by atoms with van der Waals surface area (Å²) in [6.07, 6.45) is 6.39. The Morgan fingerprint density at radius 2 is 1.67 bits per heavy atom. The fourth-order valence-corrected chi connectivity index (χ4v) is 8.43. The molecule has 1 aromatic rings. The smallest absolute Gasteiger partial charge is 0.190 e. The van der Waals surface area contributed by atoms with Crippen molar-refractivity contribution in [3.05, 3.63) is 34.9 Å². The van der Waals surface area contributed by atoms with E-state index < -0.39 is 69.0 Å². The Morgan fingerprint density at radius 3 is 2.26 bits per heavy atom. The minimum absolute atomic E-state index is 0.0172. The van der Waals surface area contributed by atoms with Crippen LogP contribution < -0.4 is 0 Å². The Bertz CT molecular complexity index is 1430. The van der Waals surface area contributed by atoms with E-state index >= 15 is 0 Å². The number of carbonyl (C=O) groups is 6. The van der Waals surface area contributed by atoms with Gasteiger partial charge in [0, 0.05) is 17.8 Å². The second-order valence-corrected chi connectivity index (χ2v) is 14.3. The van der Waals surface area contributed by atoms with Gasteiger partial charge in [0.05, 0.1) is 11.5 Å². The van der Waals surface area contributed by atoms with Crippen molar-refractivity contribution in [1.82, 2.24) is 0 Å². The number of rotatable bonds is 9. The fraction of sp³-hybridized carbons (Fsp3) is 0.600. The summed E-state index contributed by atoms with van der Waals surface area (Å²) in [5.74, 6) is -8.73. The van der Waals surface area contributed by atoms with Gasteiger partial charge in [-0.05, 0) is 66.7 Å². The number of hydrogen-bond acceptors (Lipinski definition) is 8. The minimum Gasteiger partial charge on any atom is -0.507 e.